The molecule has 1 saturated heterocycles. The van der Waals surface area contributed by atoms with E-state index < -0.39 is 6.10 Å². The molecule has 2 fully saturated rings. The minimum atomic E-state index is -0.458. The van der Waals surface area contributed by atoms with Crippen molar-refractivity contribution in [3.8, 4) is 0 Å². The molecule has 0 aromatic carbocycles. The molecule has 1 spiro atoms. The van der Waals surface area contributed by atoms with E-state index in [1.807, 2.05) is 6.92 Å². The summed E-state index contributed by atoms with van der Waals surface area (Å²) in [5.41, 5.74) is 1.76. The topological polar surface area (TPSA) is 45.9 Å². The van der Waals surface area contributed by atoms with Gasteiger partial charge in [-0.05, 0) is 31.2 Å². The lowest BCUT2D eigenvalue weighted by atomic mass is 9.54. The van der Waals surface area contributed by atoms with Gasteiger partial charge in [-0.25, -0.2) is 0 Å². The first-order valence-corrected chi connectivity index (χ1v) is 6.93. The predicted octanol–water partition coefficient (Wildman–Crippen LogP) is 2.75. The first-order chi connectivity index (χ1) is 8.50. The first-order valence-electron chi connectivity index (χ1n) is 6.93. The molecule has 2 aliphatic carbocycles. The fraction of sp³-hybridized carbons (Fsp3) is 0.733. The van der Waals surface area contributed by atoms with Crippen LogP contribution in [0, 0.1) is 18.3 Å². The van der Waals surface area contributed by atoms with Crippen LogP contribution < -0.4 is 0 Å². The standard InChI is InChI=1S/C15H20O3/c1-8-7-17-10-6-15-11(18-15)5-4-9(2)14(15,3)13(16)12(8)10/h7,9,11,13,16H,4-6H2,1-3H3/t9-,11+,13+,14-,15+/m0/s1. The molecule has 0 bridgehead atoms. The maximum atomic E-state index is 10.9. The number of aryl methyl sites for hydroxylation is 1. The molecule has 3 aliphatic rings. The Labute approximate surface area is 107 Å². The van der Waals surface area contributed by atoms with E-state index in [4.69, 9.17) is 9.15 Å². The van der Waals surface area contributed by atoms with E-state index in [-0.39, 0.29) is 11.0 Å². The van der Waals surface area contributed by atoms with Gasteiger partial charge in [-0.1, -0.05) is 13.8 Å². The minimum Gasteiger partial charge on any atom is -0.469 e. The fourth-order valence-corrected chi connectivity index (χ4v) is 4.50. The van der Waals surface area contributed by atoms with Crippen molar-refractivity contribution in [1.82, 2.24) is 0 Å². The molecule has 3 nitrogen and oxygen atoms in total. The number of aliphatic hydroxyl groups excluding tert-OH is 1. The van der Waals surface area contributed by atoms with Crippen LogP contribution in [-0.2, 0) is 11.2 Å². The van der Waals surface area contributed by atoms with Gasteiger partial charge >= 0.3 is 0 Å². The van der Waals surface area contributed by atoms with Gasteiger partial charge in [0, 0.05) is 17.4 Å². The van der Waals surface area contributed by atoms with E-state index in [1.165, 1.54) is 0 Å². The van der Waals surface area contributed by atoms with Gasteiger partial charge in [-0.2, -0.15) is 0 Å². The smallest absolute Gasteiger partial charge is 0.112 e. The Morgan fingerprint density at radius 2 is 2.17 bits per heavy atom. The molecular formula is C15H20O3. The number of hydrogen-bond acceptors (Lipinski definition) is 3. The normalized spacial score (nSPS) is 49.2. The third-order valence-corrected chi connectivity index (χ3v) is 5.98. The van der Waals surface area contributed by atoms with Crippen LogP contribution in [0.15, 0.2) is 10.7 Å². The van der Waals surface area contributed by atoms with Crippen molar-refractivity contribution in [2.75, 3.05) is 0 Å². The number of hydrogen-bond donors (Lipinski definition) is 1. The molecule has 1 saturated carbocycles. The molecule has 0 unspecified atom stereocenters. The second kappa shape index (κ2) is 3.02. The largest absolute Gasteiger partial charge is 0.469 e. The van der Waals surface area contributed by atoms with Crippen molar-refractivity contribution in [2.24, 2.45) is 11.3 Å². The quantitative estimate of drug-likeness (QED) is 0.718. The molecule has 0 amide bonds. The second-order valence-corrected chi connectivity index (χ2v) is 6.59. The zero-order valence-electron chi connectivity index (χ0n) is 11.2. The molecule has 1 aromatic heterocycles. The van der Waals surface area contributed by atoms with Crippen LogP contribution in [0.25, 0.3) is 0 Å². The highest BCUT2D eigenvalue weighted by atomic mass is 16.6. The van der Waals surface area contributed by atoms with Gasteiger partial charge in [-0.15, -0.1) is 0 Å². The number of rotatable bonds is 0. The summed E-state index contributed by atoms with van der Waals surface area (Å²) in [5, 5.41) is 10.9. The Balaban J connectivity index is 1.92. The molecule has 0 radical (unpaired) electrons. The molecule has 1 aliphatic heterocycles. The van der Waals surface area contributed by atoms with E-state index >= 15 is 0 Å². The monoisotopic (exact) mass is 248 g/mol. The van der Waals surface area contributed by atoms with Crippen LogP contribution in [-0.4, -0.2) is 16.8 Å². The van der Waals surface area contributed by atoms with Gasteiger partial charge in [0.2, 0.25) is 0 Å². The van der Waals surface area contributed by atoms with Crippen molar-refractivity contribution in [3.63, 3.8) is 0 Å². The first kappa shape index (κ1) is 11.1. The average molecular weight is 248 g/mol. The van der Waals surface area contributed by atoms with Crippen LogP contribution in [0.5, 0.6) is 0 Å². The van der Waals surface area contributed by atoms with Gasteiger partial charge in [0.25, 0.3) is 0 Å². The van der Waals surface area contributed by atoms with Crippen molar-refractivity contribution < 1.29 is 14.3 Å². The summed E-state index contributed by atoms with van der Waals surface area (Å²) in [5.74, 6) is 1.42. The highest BCUT2D eigenvalue weighted by molar-refractivity contribution is 5.40. The van der Waals surface area contributed by atoms with E-state index in [9.17, 15) is 5.11 Å². The van der Waals surface area contributed by atoms with Crippen LogP contribution in [0.2, 0.25) is 0 Å². The van der Waals surface area contributed by atoms with E-state index in [0.717, 1.165) is 36.1 Å². The van der Waals surface area contributed by atoms with E-state index in [2.05, 4.69) is 13.8 Å². The van der Waals surface area contributed by atoms with Crippen molar-refractivity contribution >= 4 is 0 Å². The lowest BCUT2D eigenvalue weighted by molar-refractivity contribution is -0.0834. The molecule has 18 heavy (non-hydrogen) atoms. The molecule has 1 aromatic rings. The fourth-order valence-electron chi connectivity index (χ4n) is 4.50. The highest BCUT2D eigenvalue weighted by Gasteiger charge is 2.74. The summed E-state index contributed by atoms with van der Waals surface area (Å²) in [6.07, 6.45) is 4.74. The maximum absolute atomic E-state index is 10.9. The van der Waals surface area contributed by atoms with E-state index in [0.29, 0.717) is 12.0 Å². The Kier molecular flexibility index (Phi) is 1.86. The lowest BCUT2D eigenvalue weighted by Crippen LogP contribution is -2.53. The molecular weight excluding hydrogens is 228 g/mol. The highest BCUT2D eigenvalue weighted by Crippen LogP contribution is 2.68. The molecule has 5 atom stereocenters. The minimum absolute atomic E-state index is 0.165. The third kappa shape index (κ3) is 0.970. The zero-order chi connectivity index (χ0) is 12.7. The maximum Gasteiger partial charge on any atom is 0.112 e. The third-order valence-electron chi connectivity index (χ3n) is 5.98. The van der Waals surface area contributed by atoms with E-state index in [1.54, 1.807) is 6.26 Å². The number of aliphatic hydroxyl groups is 1. The Hall–Kier alpha value is -0.800. The van der Waals surface area contributed by atoms with Crippen molar-refractivity contribution in [2.45, 2.75) is 57.8 Å². The van der Waals surface area contributed by atoms with Gasteiger partial charge in [-0.3, -0.25) is 0 Å². The number of fused-ring (bicyclic) bond motifs is 1. The molecule has 2 heterocycles. The average Bonchev–Trinajstić information content (AvgIpc) is 2.93. The summed E-state index contributed by atoms with van der Waals surface area (Å²) >= 11 is 0. The Morgan fingerprint density at radius 3 is 2.94 bits per heavy atom. The van der Waals surface area contributed by atoms with Crippen molar-refractivity contribution in [1.29, 1.82) is 0 Å². The SMILES string of the molecule is Cc1coc2c1[C@@H](O)[C@]1(C)[C@@H](C)CC[C@H]3O[C@]31C2. The van der Waals surface area contributed by atoms with Gasteiger partial charge in [0.1, 0.15) is 11.4 Å². The van der Waals surface area contributed by atoms with Crippen molar-refractivity contribution in [3.05, 3.63) is 23.2 Å². The van der Waals surface area contributed by atoms with Gasteiger partial charge in [0.15, 0.2) is 0 Å². The summed E-state index contributed by atoms with van der Waals surface area (Å²) in [6, 6.07) is 0. The molecule has 3 heteroatoms. The van der Waals surface area contributed by atoms with Crippen LogP contribution in [0.1, 0.15) is 49.7 Å². The summed E-state index contributed by atoms with van der Waals surface area (Å²) in [4.78, 5) is 0. The summed E-state index contributed by atoms with van der Waals surface area (Å²) in [7, 11) is 0. The number of epoxide rings is 1. The summed E-state index contributed by atoms with van der Waals surface area (Å²) in [6.45, 7) is 6.48. The Morgan fingerprint density at radius 1 is 1.39 bits per heavy atom. The molecule has 4 rings (SSSR count). The zero-order valence-corrected chi connectivity index (χ0v) is 11.2. The van der Waals surface area contributed by atoms with Crippen LogP contribution in [0.3, 0.4) is 0 Å². The molecule has 1 N–H and O–H groups in total. The van der Waals surface area contributed by atoms with Gasteiger partial charge in [0.05, 0.1) is 18.5 Å². The number of furan rings is 1. The van der Waals surface area contributed by atoms with Gasteiger partial charge < -0.3 is 14.3 Å². The second-order valence-electron chi connectivity index (χ2n) is 6.59. The lowest BCUT2D eigenvalue weighted by Gasteiger charge is -2.49. The predicted molar refractivity (Wildman–Crippen MR) is 66.2 cm³/mol. The Bertz CT molecular complexity index is 520. The number of ether oxygens (including phenoxy) is 1. The van der Waals surface area contributed by atoms with Crippen LogP contribution >= 0.6 is 0 Å². The summed E-state index contributed by atoms with van der Waals surface area (Å²) < 4.78 is 11.7. The molecule has 98 valence electrons. The van der Waals surface area contributed by atoms with Crippen LogP contribution in [0.4, 0.5) is 0 Å².